The summed E-state index contributed by atoms with van der Waals surface area (Å²) in [6.45, 7) is 14.1. The highest BCUT2D eigenvalue weighted by Gasteiger charge is 2.21. The molecule has 0 aromatic heterocycles. The van der Waals surface area contributed by atoms with Gasteiger partial charge in [0.05, 0.1) is 6.04 Å². The third-order valence-corrected chi connectivity index (χ3v) is 6.34. The number of fused-ring (bicyclic) bond motifs is 1. The van der Waals surface area contributed by atoms with Crippen molar-refractivity contribution >= 4 is 16.7 Å². The van der Waals surface area contributed by atoms with Gasteiger partial charge in [-0.2, -0.15) is 0 Å². The molecular formula is C32H43NO2. The summed E-state index contributed by atoms with van der Waals surface area (Å²) in [5.74, 6) is 0.663. The van der Waals surface area contributed by atoms with Gasteiger partial charge in [0.25, 0.3) is 5.91 Å². The maximum absolute atomic E-state index is 13.3. The molecule has 1 fully saturated rings. The minimum atomic E-state index is -0.0791. The van der Waals surface area contributed by atoms with E-state index in [1.165, 1.54) is 16.3 Å². The summed E-state index contributed by atoms with van der Waals surface area (Å²) in [7, 11) is 0. The summed E-state index contributed by atoms with van der Waals surface area (Å²) < 4.78 is 6.12. The Morgan fingerprint density at radius 3 is 2.60 bits per heavy atom. The van der Waals surface area contributed by atoms with Gasteiger partial charge in [0.1, 0.15) is 11.9 Å². The second-order valence-corrected chi connectivity index (χ2v) is 9.20. The molecule has 0 heterocycles. The van der Waals surface area contributed by atoms with Crippen molar-refractivity contribution in [3.8, 4) is 5.75 Å². The summed E-state index contributed by atoms with van der Waals surface area (Å²) >= 11 is 0. The molecule has 0 spiro atoms. The van der Waals surface area contributed by atoms with Crippen LogP contribution in [0.3, 0.4) is 0 Å². The minimum Gasteiger partial charge on any atom is -0.490 e. The first-order valence-corrected chi connectivity index (χ1v) is 12.9. The first kappa shape index (κ1) is 26.3. The average molecular weight is 474 g/mol. The van der Waals surface area contributed by atoms with Crippen molar-refractivity contribution in [2.75, 3.05) is 0 Å². The number of hydrogen-bond acceptors (Lipinski definition) is 2. The van der Waals surface area contributed by atoms with Gasteiger partial charge in [0.15, 0.2) is 0 Å². The predicted molar refractivity (Wildman–Crippen MR) is 152 cm³/mol. The molecule has 1 saturated carbocycles. The van der Waals surface area contributed by atoms with Crippen LogP contribution in [0, 0.1) is 0 Å². The summed E-state index contributed by atoms with van der Waals surface area (Å²) in [6, 6.07) is 22.1. The number of allylic oxidation sites excluding steroid dienone is 1. The zero-order valence-electron chi connectivity index (χ0n) is 21.5. The average Bonchev–Trinajstić information content (AvgIpc) is 3.28. The van der Waals surface area contributed by atoms with Crippen LogP contribution in [-0.2, 0) is 0 Å². The number of benzene rings is 3. The monoisotopic (exact) mass is 473 g/mol. The fourth-order valence-corrected chi connectivity index (χ4v) is 4.60. The number of carbonyl (C=O) groups excluding carboxylic acids is 1. The van der Waals surface area contributed by atoms with Crippen molar-refractivity contribution in [3.63, 3.8) is 0 Å². The van der Waals surface area contributed by atoms with Gasteiger partial charge in [0, 0.05) is 14.8 Å². The van der Waals surface area contributed by atoms with Crippen LogP contribution in [0.5, 0.6) is 5.75 Å². The SMILES string of the molecule is C=C(C)CCC[C@@H](NC(=O)c1cccc(OC2CCC(=C)C2)c1)c1cccc2ccccc12.CC.[HH].[HH]. The molecule has 1 aliphatic carbocycles. The van der Waals surface area contributed by atoms with Gasteiger partial charge in [-0.1, -0.05) is 80.1 Å². The van der Waals surface area contributed by atoms with E-state index in [1.807, 2.05) is 44.2 Å². The van der Waals surface area contributed by atoms with E-state index >= 15 is 0 Å². The zero-order valence-corrected chi connectivity index (χ0v) is 21.5. The largest absolute Gasteiger partial charge is 0.490 e. The highest BCUT2D eigenvalue weighted by atomic mass is 16.5. The van der Waals surface area contributed by atoms with E-state index in [4.69, 9.17) is 4.74 Å². The van der Waals surface area contributed by atoms with Crippen molar-refractivity contribution in [2.45, 2.75) is 71.4 Å². The second kappa shape index (κ2) is 12.9. The molecule has 1 N–H and O–H groups in total. The predicted octanol–water partition coefficient (Wildman–Crippen LogP) is 9.06. The van der Waals surface area contributed by atoms with Crippen molar-refractivity contribution in [3.05, 3.63) is 102 Å². The lowest BCUT2D eigenvalue weighted by atomic mass is 9.94. The van der Waals surface area contributed by atoms with Gasteiger partial charge in [-0.15, -0.1) is 6.58 Å². The van der Waals surface area contributed by atoms with Gasteiger partial charge < -0.3 is 10.1 Å². The Balaban J connectivity index is 0.00000167. The highest BCUT2D eigenvalue weighted by molar-refractivity contribution is 5.95. The fraction of sp³-hybridized carbons (Fsp3) is 0.344. The van der Waals surface area contributed by atoms with Crippen LogP contribution in [0.2, 0.25) is 0 Å². The third-order valence-electron chi connectivity index (χ3n) is 6.34. The maximum atomic E-state index is 13.3. The molecule has 35 heavy (non-hydrogen) atoms. The zero-order chi connectivity index (χ0) is 25.2. The molecule has 3 heteroatoms. The minimum absolute atomic E-state index is 0. The number of hydrogen-bond donors (Lipinski definition) is 1. The lowest BCUT2D eigenvalue weighted by molar-refractivity contribution is 0.0933. The van der Waals surface area contributed by atoms with Crippen LogP contribution in [-0.4, -0.2) is 12.0 Å². The number of ether oxygens (including phenoxy) is 1. The summed E-state index contributed by atoms with van der Waals surface area (Å²) in [4.78, 5) is 13.3. The molecule has 3 nitrogen and oxygen atoms in total. The smallest absolute Gasteiger partial charge is 0.251 e. The molecule has 0 saturated heterocycles. The molecule has 1 amide bonds. The quantitative estimate of drug-likeness (QED) is 0.315. The van der Waals surface area contributed by atoms with Crippen LogP contribution in [0.1, 0.15) is 84.1 Å². The Morgan fingerprint density at radius 2 is 1.86 bits per heavy atom. The Morgan fingerprint density at radius 1 is 1.11 bits per heavy atom. The molecule has 2 atom stereocenters. The molecule has 1 unspecified atom stereocenters. The lowest BCUT2D eigenvalue weighted by Crippen LogP contribution is -2.29. The Hall–Kier alpha value is -3.33. The molecule has 3 aromatic carbocycles. The number of rotatable bonds is 9. The van der Waals surface area contributed by atoms with E-state index in [2.05, 4.69) is 61.8 Å². The fourth-order valence-electron chi connectivity index (χ4n) is 4.60. The molecule has 1 aliphatic rings. The Kier molecular flexibility index (Phi) is 9.72. The van der Waals surface area contributed by atoms with Crippen LogP contribution < -0.4 is 10.1 Å². The first-order chi connectivity index (χ1) is 17.0. The van der Waals surface area contributed by atoms with E-state index in [9.17, 15) is 4.79 Å². The van der Waals surface area contributed by atoms with E-state index in [0.717, 1.165) is 55.4 Å². The van der Waals surface area contributed by atoms with Crippen molar-refractivity contribution in [2.24, 2.45) is 0 Å². The standard InChI is InChI=1S/C30H33NO2.C2H6.2H2/c1-21(2)9-6-16-29(28-15-8-11-23-10-4-5-14-27(23)28)31-30(32)24-12-7-13-25(20-24)33-26-18-17-22(3)19-26;1-2;;/h4-5,7-8,10-15,20,26,29H,1,3,6,9,16-19H2,2H3,(H,31,32);1-2H3;2*1H/t26?,29-;;;/m1.../s1. The first-order valence-electron chi connectivity index (χ1n) is 12.9. The van der Waals surface area contributed by atoms with Gasteiger partial charge in [-0.05, 0) is 73.6 Å². The van der Waals surface area contributed by atoms with E-state index in [-0.39, 0.29) is 20.9 Å². The molecular weight excluding hydrogens is 430 g/mol. The second-order valence-electron chi connectivity index (χ2n) is 9.20. The Bertz CT molecular complexity index is 1170. The number of amides is 1. The van der Waals surface area contributed by atoms with Crippen LogP contribution in [0.25, 0.3) is 10.8 Å². The number of carbonyl (C=O) groups is 1. The van der Waals surface area contributed by atoms with Crippen molar-refractivity contribution in [1.82, 2.24) is 5.32 Å². The lowest BCUT2D eigenvalue weighted by Gasteiger charge is -2.22. The van der Waals surface area contributed by atoms with Gasteiger partial charge >= 0.3 is 0 Å². The van der Waals surface area contributed by atoms with Crippen LogP contribution in [0.15, 0.2) is 91.0 Å². The van der Waals surface area contributed by atoms with Crippen LogP contribution in [0.4, 0.5) is 0 Å². The Labute approximate surface area is 213 Å². The molecule has 4 rings (SSSR count). The normalized spacial score (nSPS) is 15.7. The molecule has 0 bridgehead atoms. The topological polar surface area (TPSA) is 38.3 Å². The van der Waals surface area contributed by atoms with E-state index in [0.29, 0.717) is 5.56 Å². The highest BCUT2D eigenvalue weighted by Crippen LogP contribution is 2.30. The summed E-state index contributed by atoms with van der Waals surface area (Å²) in [5.41, 5.74) is 4.17. The molecule has 0 radical (unpaired) electrons. The van der Waals surface area contributed by atoms with Gasteiger partial charge in [-0.3, -0.25) is 4.79 Å². The van der Waals surface area contributed by atoms with E-state index in [1.54, 1.807) is 0 Å². The maximum Gasteiger partial charge on any atom is 0.251 e. The molecule has 0 aliphatic heterocycles. The van der Waals surface area contributed by atoms with Crippen molar-refractivity contribution in [1.29, 1.82) is 0 Å². The molecule has 188 valence electrons. The summed E-state index contributed by atoms with van der Waals surface area (Å²) in [5, 5.41) is 5.67. The van der Waals surface area contributed by atoms with E-state index < -0.39 is 0 Å². The third kappa shape index (κ3) is 7.32. The van der Waals surface area contributed by atoms with Crippen molar-refractivity contribution < 1.29 is 12.4 Å². The summed E-state index contributed by atoms with van der Waals surface area (Å²) in [6.07, 6.45) is 5.82. The van der Waals surface area contributed by atoms with Gasteiger partial charge in [-0.25, -0.2) is 0 Å². The molecule has 3 aromatic rings. The van der Waals surface area contributed by atoms with Gasteiger partial charge in [0.2, 0.25) is 0 Å². The van der Waals surface area contributed by atoms with Crippen LogP contribution >= 0.6 is 0 Å². The number of nitrogens with one attached hydrogen (secondary N) is 1.